The monoisotopic (exact) mass is 389 g/mol. The fourth-order valence-corrected chi connectivity index (χ4v) is 3.40. The van der Waals surface area contributed by atoms with Gasteiger partial charge in [-0.1, -0.05) is 41.2 Å². The summed E-state index contributed by atoms with van der Waals surface area (Å²) in [6.45, 7) is 3.53. The van der Waals surface area contributed by atoms with Crippen molar-refractivity contribution in [3.8, 4) is 11.3 Å². The van der Waals surface area contributed by atoms with E-state index in [1.807, 2.05) is 37.3 Å². The minimum Gasteiger partial charge on any atom is -0.399 e. The van der Waals surface area contributed by atoms with Gasteiger partial charge < -0.3 is 14.9 Å². The first kappa shape index (κ1) is 19.0. The van der Waals surface area contributed by atoms with Crippen LogP contribution < -0.4 is 10.2 Å². The van der Waals surface area contributed by atoms with E-state index in [0.29, 0.717) is 25.3 Å². The number of nitrogens with one attached hydrogen (secondary N) is 1. The van der Waals surface area contributed by atoms with Crippen LogP contribution in [0.15, 0.2) is 60.7 Å². The molecule has 0 unspecified atom stereocenters. The zero-order valence-electron chi connectivity index (χ0n) is 16.5. The quantitative estimate of drug-likeness (QED) is 0.490. The Bertz CT molecular complexity index is 1170. The number of benzene rings is 3. The Morgan fingerprint density at radius 1 is 1.07 bits per heavy atom. The summed E-state index contributed by atoms with van der Waals surface area (Å²) in [4.78, 5) is 19.4. The topological polar surface area (TPSA) is 65.4 Å². The number of hydrogen-bond donors (Lipinski definition) is 1. The van der Waals surface area contributed by atoms with Gasteiger partial charge in [-0.25, -0.2) is 0 Å². The molecule has 29 heavy (non-hydrogen) atoms. The van der Waals surface area contributed by atoms with Crippen LogP contribution in [-0.4, -0.2) is 42.7 Å². The van der Waals surface area contributed by atoms with Crippen LogP contribution in [0.2, 0.25) is 0 Å². The van der Waals surface area contributed by atoms with Crippen molar-refractivity contribution in [1.82, 2.24) is 15.3 Å². The normalized spacial score (nSPS) is 11.1. The van der Waals surface area contributed by atoms with Crippen LogP contribution in [0.4, 0.5) is 0 Å². The molecule has 0 atom stereocenters. The number of fused-ring (bicyclic) bond motifs is 2. The lowest BCUT2D eigenvalue weighted by Gasteiger charge is -2.06. The lowest BCUT2D eigenvalue weighted by atomic mass is 10.0. The van der Waals surface area contributed by atoms with Crippen molar-refractivity contribution in [3.05, 3.63) is 66.2 Å². The fraction of sp³-hybridized carbons (Fsp3) is 0.217. The first-order valence-corrected chi connectivity index (χ1v) is 9.63. The summed E-state index contributed by atoms with van der Waals surface area (Å²) in [6, 6.07) is 19.9. The van der Waals surface area contributed by atoms with E-state index in [1.165, 1.54) is 10.2 Å². The Hall–Kier alpha value is -3.38. The first-order chi connectivity index (χ1) is 14.2. The Morgan fingerprint density at radius 3 is 2.69 bits per heavy atom. The highest BCUT2D eigenvalue weighted by Gasteiger charge is 2.16. The van der Waals surface area contributed by atoms with Crippen LogP contribution in [0.25, 0.3) is 32.9 Å². The number of carbonyl (C=O) groups is 1. The van der Waals surface area contributed by atoms with Crippen LogP contribution >= 0.6 is 0 Å². The average Bonchev–Trinajstić information content (AvgIpc) is 3.14. The largest absolute Gasteiger partial charge is 0.399 e. The van der Waals surface area contributed by atoms with Gasteiger partial charge in [-0.2, -0.15) is 0 Å². The summed E-state index contributed by atoms with van der Waals surface area (Å²) in [5.74, 6) is -0.138. The molecule has 6 heteroatoms. The third kappa shape index (κ3) is 3.79. The van der Waals surface area contributed by atoms with E-state index in [4.69, 9.17) is 9.57 Å². The molecule has 0 radical (unpaired) electrons. The van der Waals surface area contributed by atoms with E-state index < -0.39 is 0 Å². The summed E-state index contributed by atoms with van der Waals surface area (Å²) >= 11 is 0. The molecule has 4 rings (SSSR count). The number of carbonyl (C=O) groups excluding carboxylic acids is 1. The van der Waals surface area contributed by atoms with E-state index >= 15 is 0 Å². The molecule has 0 aliphatic carbocycles. The van der Waals surface area contributed by atoms with Crippen LogP contribution in [-0.2, 0) is 4.74 Å². The zero-order chi connectivity index (χ0) is 20.2. The SMILES string of the molecule is CCOCCNC(=O)c1ccc2c(c1)c(-c1ccc3ccccc3c1)nn2OC. The van der Waals surface area contributed by atoms with E-state index in [9.17, 15) is 4.79 Å². The van der Waals surface area contributed by atoms with Crippen molar-refractivity contribution < 1.29 is 14.4 Å². The van der Waals surface area contributed by atoms with Crippen LogP contribution in [0, 0.1) is 0 Å². The van der Waals surface area contributed by atoms with Crippen LogP contribution in [0.1, 0.15) is 17.3 Å². The number of nitrogens with zero attached hydrogens (tertiary/aromatic N) is 2. The molecular weight excluding hydrogens is 366 g/mol. The van der Waals surface area contributed by atoms with E-state index in [-0.39, 0.29) is 5.91 Å². The van der Waals surface area contributed by atoms with Gasteiger partial charge in [0.15, 0.2) is 0 Å². The Labute approximate surface area is 169 Å². The van der Waals surface area contributed by atoms with Gasteiger partial charge in [-0.05, 0) is 42.0 Å². The van der Waals surface area contributed by atoms with Gasteiger partial charge in [0, 0.05) is 29.7 Å². The second kappa shape index (κ2) is 8.32. The number of ether oxygens (including phenoxy) is 1. The van der Waals surface area contributed by atoms with Gasteiger partial charge in [-0.3, -0.25) is 4.79 Å². The van der Waals surface area contributed by atoms with Crippen molar-refractivity contribution >= 4 is 27.6 Å². The van der Waals surface area contributed by atoms with Crippen molar-refractivity contribution in [3.63, 3.8) is 0 Å². The summed E-state index contributed by atoms with van der Waals surface area (Å²) in [5.41, 5.74) is 3.13. The minimum absolute atomic E-state index is 0.138. The molecule has 0 bridgehead atoms. The molecule has 0 saturated carbocycles. The smallest absolute Gasteiger partial charge is 0.251 e. The summed E-state index contributed by atoms with van der Waals surface area (Å²) in [6.07, 6.45) is 0. The van der Waals surface area contributed by atoms with Crippen LogP contribution in [0.5, 0.6) is 0 Å². The maximum Gasteiger partial charge on any atom is 0.251 e. The van der Waals surface area contributed by atoms with Gasteiger partial charge in [0.05, 0.1) is 6.61 Å². The summed E-state index contributed by atoms with van der Waals surface area (Å²) < 4.78 is 5.28. The molecule has 0 spiro atoms. The third-order valence-corrected chi connectivity index (χ3v) is 4.84. The lowest BCUT2D eigenvalue weighted by Crippen LogP contribution is -2.27. The highest BCUT2D eigenvalue weighted by molar-refractivity contribution is 6.02. The fourth-order valence-electron chi connectivity index (χ4n) is 3.40. The summed E-state index contributed by atoms with van der Waals surface area (Å²) in [5, 5.41) is 10.7. The molecule has 1 amide bonds. The summed E-state index contributed by atoms with van der Waals surface area (Å²) in [7, 11) is 1.57. The van der Waals surface area contributed by atoms with Crippen molar-refractivity contribution in [2.75, 3.05) is 26.9 Å². The molecule has 3 aromatic carbocycles. The Kier molecular flexibility index (Phi) is 5.44. The van der Waals surface area contributed by atoms with Crippen LogP contribution in [0.3, 0.4) is 0 Å². The standard InChI is InChI=1S/C23H23N3O3/c1-3-29-13-12-24-23(27)19-10-11-21-20(15-19)22(25-26(21)28-2)18-9-8-16-6-4-5-7-17(16)14-18/h4-11,14-15H,3,12-13H2,1-2H3,(H,24,27). The molecule has 1 N–H and O–H groups in total. The van der Waals surface area contributed by atoms with Gasteiger partial charge in [0.25, 0.3) is 5.91 Å². The molecule has 0 saturated heterocycles. The highest BCUT2D eigenvalue weighted by Crippen LogP contribution is 2.30. The molecule has 1 heterocycles. The molecule has 6 nitrogen and oxygen atoms in total. The number of rotatable bonds is 7. The molecule has 0 aliphatic heterocycles. The molecular formula is C23H23N3O3. The van der Waals surface area contributed by atoms with E-state index in [1.54, 1.807) is 13.2 Å². The van der Waals surface area contributed by atoms with Gasteiger partial charge in [0.2, 0.25) is 0 Å². The highest BCUT2D eigenvalue weighted by atomic mass is 16.7. The molecule has 0 fully saturated rings. The van der Waals surface area contributed by atoms with Gasteiger partial charge >= 0.3 is 0 Å². The predicted octanol–water partition coefficient (Wildman–Crippen LogP) is 3.68. The third-order valence-electron chi connectivity index (χ3n) is 4.84. The van der Waals surface area contributed by atoms with Gasteiger partial charge in [-0.15, -0.1) is 5.10 Å². The van der Waals surface area contributed by atoms with Crippen molar-refractivity contribution in [2.45, 2.75) is 6.92 Å². The maximum absolute atomic E-state index is 12.5. The minimum atomic E-state index is -0.138. The predicted molar refractivity (Wildman–Crippen MR) is 114 cm³/mol. The zero-order valence-corrected chi connectivity index (χ0v) is 16.5. The number of hydrogen-bond acceptors (Lipinski definition) is 4. The number of amides is 1. The molecule has 1 aromatic heterocycles. The number of aromatic nitrogens is 2. The second-order valence-corrected chi connectivity index (χ2v) is 6.65. The molecule has 148 valence electrons. The average molecular weight is 389 g/mol. The molecule has 4 aromatic rings. The first-order valence-electron chi connectivity index (χ1n) is 9.63. The van der Waals surface area contributed by atoms with E-state index in [2.05, 4.69) is 34.7 Å². The second-order valence-electron chi connectivity index (χ2n) is 6.65. The maximum atomic E-state index is 12.5. The Morgan fingerprint density at radius 2 is 1.90 bits per heavy atom. The molecule has 0 aliphatic rings. The van der Waals surface area contributed by atoms with Gasteiger partial charge in [0.1, 0.15) is 18.3 Å². The lowest BCUT2D eigenvalue weighted by molar-refractivity contribution is 0.0922. The van der Waals surface area contributed by atoms with Crippen molar-refractivity contribution in [2.24, 2.45) is 0 Å². The van der Waals surface area contributed by atoms with E-state index in [0.717, 1.165) is 27.5 Å². The van der Waals surface area contributed by atoms with Crippen molar-refractivity contribution in [1.29, 1.82) is 0 Å². The Balaban J connectivity index is 1.73.